The molecular weight excluding hydrogens is 226 g/mol. The van der Waals surface area contributed by atoms with E-state index in [1.807, 2.05) is 19.9 Å². The van der Waals surface area contributed by atoms with Gasteiger partial charge in [-0.2, -0.15) is 5.10 Å². The minimum Gasteiger partial charge on any atom is -0.481 e. The second-order valence-corrected chi connectivity index (χ2v) is 5.57. The third-order valence-electron chi connectivity index (χ3n) is 3.62. The summed E-state index contributed by atoms with van der Waals surface area (Å²) in [6.45, 7) is 8.25. The molecule has 18 heavy (non-hydrogen) atoms. The standard InChI is InChI=1S/C14H17N3O/c1-9-5-6-11-10(7-9)14(4)12(13(2,3)18-11)15-8-16-17-14/h5-8,17H,1-4H3. The van der Waals surface area contributed by atoms with Crippen molar-refractivity contribution in [2.75, 3.05) is 0 Å². The molecule has 1 aromatic carbocycles. The van der Waals surface area contributed by atoms with E-state index >= 15 is 0 Å². The van der Waals surface area contributed by atoms with E-state index in [1.54, 1.807) is 6.34 Å². The van der Waals surface area contributed by atoms with Crippen molar-refractivity contribution in [3.05, 3.63) is 29.3 Å². The van der Waals surface area contributed by atoms with Crippen LogP contribution in [-0.4, -0.2) is 17.7 Å². The molecule has 2 heterocycles. The van der Waals surface area contributed by atoms with Crippen LogP contribution in [0.4, 0.5) is 0 Å². The Labute approximate surface area is 107 Å². The number of fused-ring (bicyclic) bond motifs is 3. The SMILES string of the molecule is Cc1ccc2c(c1)C1(C)NN=CN=C1C(C)(C)O2. The summed E-state index contributed by atoms with van der Waals surface area (Å²) in [7, 11) is 0. The lowest BCUT2D eigenvalue weighted by atomic mass is 9.76. The van der Waals surface area contributed by atoms with Crippen molar-refractivity contribution >= 4 is 12.1 Å². The number of ether oxygens (including phenoxy) is 1. The molecule has 2 aliphatic rings. The second kappa shape index (κ2) is 3.34. The number of hydrogen-bond acceptors (Lipinski definition) is 4. The Hall–Kier alpha value is -1.84. The molecule has 0 aliphatic carbocycles. The van der Waals surface area contributed by atoms with E-state index in [1.165, 1.54) is 5.56 Å². The largest absolute Gasteiger partial charge is 0.481 e. The van der Waals surface area contributed by atoms with Crippen molar-refractivity contribution in [3.63, 3.8) is 0 Å². The Balaban J connectivity index is 2.28. The smallest absolute Gasteiger partial charge is 0.144 e. The molecule has 0 radical (unpaired) electrons. The van der Waals surface area contributed by atoms with Gasteiger partial charge in [0.1, 0.15) is 23.2 Å². The van der Waals surface area contributed by atoms with Crippen LogP contribution in [0.5, 0.6) is 5.75 Å². The third-order valence-corrected chi connectivity index (χ3v) is 3.62. The molecule has 0 amide bonds. The third kappa shape index (κ3) is 1.38. The van der Waals surface area contributed by atoms with E-state index in [0.29, 0.717) is 0 Å². The first kappa shape index (κ1) is 11.3. The lowest BCUT2D eigenvalue weighted by molar-refractivity contribution is 0.151. The Morgan fingerprint density at radius 1 is 1.22 bits per heavy atom. The molecule has 1 unspecified atom stereocenters. The first-order valence-corrected chi connectivity index (χ1v) is 6.11. The molecule has 94 valence electrons. The van der Waals surface area contributed by atoms with Crippen LogP contribution in [0.15, 0.2) is 28.3 Å². The highest BCUT2D eigenvalue weighted by molar-refractivity contribution is 6.06. The average molecular weight is 243 g/mol. The molecule has 4 nitrogen and oxygen atoms in total. The van der Waals surface area contributed by atoms with Gasteiger partial charge < -0.3 is 4.74 Å². The Morgan fingerprint density at radius 2 is 2.00 bits per heavy atom. The zero-order valence-corrected chi connectivity index (χ0v) is 11.1. The monoisotopic (exact) mass is 243 g/mol. The molecule has 0 spiro atoms. The summed E-state index contributed by atoms with van der Waals surface area (Å²) in [4.78, 5) is 4.44. The summed E-state index contributed by atoms with van der Waals surface area (Å²) in [5.74, 6) is 0.900. The molecule has 0 saturated heterocycles. The predicted octanol–water partition coefficient (Wildman–Crippen LogP) is 2.37. The fourth-order valence-electron chi connectivity index (χ4n) is 2.82. The molecule has 0 bridgehead atoms. The van der Waals surface area contributed by atoms with Gasteiger partial charge in [0.15, 0.2) is 0 Å². The number of rotatable bonds is 0. The summed E-state index contributed by atoms with van der Waals surface area (Å²) >= 11 is 0. The first-order valence-electron chi connectivity index (χ1n) is 6.11. The fraction of sp³-hybridized carbons (Fsp3) is 0.429. The molecule has 1 aromatic rings. The van der Waals surface area contributed by atoms with Gasteiger partial charge in [-0.15, -0.1) is 0 Å². The van der Waals surface area contributed by atoms with E-state index in [-0.39, 0.29) is 0 Å². The van der Waals surface area contributed by atoms with Crippen molar-refractivity contribution < 1.29 is 4.74 Å². The van der Waals surface area contributed by atoms with E-state index in [9.17, 15) is 0 Å². The van der Waals surface area contributed by atoms with Crippen LogP contribution < -0.4 is 10.2 Å². The fourth-order valence-corrected chi connectivity index (χ4v) is 2.82. The first-order chi connectivity index (χ1) is 8.43. The van der Waals surface area contributed by atoms with Gasteiger partial charge in [0.25, 0.3) is 0 Å². The van der Waals surface area contributed by atoms with E-state index < -0.39 is 11.1 Å². The van der Waals surface area contributed by atoms with Crippen molar-refractivity contribution in [2.45, 2.75) is 38.8 Å². The quantitative estimate of drug-likeness (QED) is 0.760. The number of nitrogens with one attached hydrogen (secondary N) is 1. The van der Waals surface area contributed by atoms with Gasteiger partial charge in [-0.3, -0.25) is 5.43 Å². The highest BCUT2D eigenvalue weighted by Crippen LogP contribution is 2.42. The molecule has 0 fully saturated rings. The molecule has 0 aromatic heterocycles. The van der Waals surface area contributed by atoms with Crippen molar-refractivity contribution in [2.24, 2.45) is 10.1 Å². The zero-order valence-electron chi connectivity index (χ0n) is 11.1. The van der Waals surface area contributed by atoms with Crippen LogP contribution in [0.2, 0.25) is 0 Å². The lowest BCUT2D eigenvalue weighted by Crippen LogP contribution is -2.59. The highest BCUT2D eigenvalue weighted by Gasteiger charge is 2.49. The van der Waals surface area contributed by atoms with Crippen LogP contribution >= 0.6 is 0 Å². The molecule has 2 aliphatic heterocycles. The topological polar surface area (TPSA) is 46.0 Å². The number of aryl methyl sites for hydroxylation is 1. The number of aliphatic imine (C=N–C) groups is 1. The van der Waals surface area contributed by atoms with Gasteiger partial charge in [-0.05, 0) is 39.8 Å². The van der Waals surface area contributed by atoms with Crippen molar-refractivity contribution in [1.29, 1.82) is 0 Å². The zero-order chi connectivity index (χ0) is 13.0. The van der Waals surface area contributed by atoms with Crippen LogP contribution in [0.1, 0.15) is 31.9 Å². The minimum absolute atomic E-state index is 0.391. The van der Waals surface area contributed by atoms with Gasteiger partial charge in [0, 0.05) is 5.56 Å². The molecular formula is C14H17N3O. The summed E-state index contributed by atoms with van der Waals surface area (Å²) in [6.07, 6.45) is 1.54. The summed E-state index contributed by atoms with van der Waals surface area (Å²) in [5.41, 5.74) is 5.63. The Bertz CT molecular complexity index is 574. The highest BCUT2D eigenvalue weighted by atomic mass is 16.5. The number of nitrogens with zero attached hydrogens (tertiary/aromatic N) is 2. The Morgan fingerprint density at radius 3 is 2.78 bits per heavy atom. The van der Waals surface area contributed by atoms with Gasteiger partial charge in [-0.25, -0.2) is 4.99 Å². The molecule has 1 N–H and O–H groups in total. The summed E-state index contributed by atoms with van der Waals surface area (Å²) < 4.78 is 6.08. The maximum atomic E-state index is 6.08. The summed E-state index contributed by atoms with van der Waals surface area (Å²) in [6, 6.07) is 6.22. The van der Waals surface area contributed by atoms with Crippen LogP contribution in [0, 0.1) is 6.92 Å². The van der Waals surface area contributed by atoms with Gasteiger partial charge in [0.05, 0.1) is 5.71 Å². The maximum Gasteiger partial charge on any atom is 0.144 e. The van der Waals surface area contributed by atoms with Gasteiger partial charge in [0.2, 0.25) is 0 Å². The molecule has 1 atom stereocenters. The maximum absolute atomic E-state index is 6.08. The minimum atomic E-state index is -0.434. The van der Waals surface area contributed by atoms with Crippen LogP contribution in [-0.2, 0) is 5.54 Å². The van der Waals surface area contributed by atoms with Gasteiger partial charge in [-0.1, -0.05) is 11.6 Å². The number of benzene rings is 1. The Kier molecular flexibility index (Phi) is 2.09. The second-order valence-electron chi connectivity index (χ2n) is 5.57. The van der Waals surface area contributed by atoms with E-state index in [2.05, 4.69) is 41.5 Å². The van der Waals surface area contributed by atoms with Crippen LogP contribution in [0.3, 0.4) is 0 Å². The number of hydrazone groups is 1. The predicted molar refractivity (Wildman–Crippen MR) is 72.3 cm³/mol. The van der Waals surface area contributed by atoms with Crippen molar-refractivity contribution in [3.8, 4) is 5.75 Å². The number of hydrogen-bond donors (Lipinski definition) is 1. The summed E-state index contributed by atoms with van der Waals surface area (Å²) in [5, 5.41) is 4.11. The molecule has 3 rings (SSSR count). The average Bonchev–Trinajstić information content (AvgIpc) is 2.30. The van der Waals surface area contributed by atoms with Crippen LogP contribution in [0.25, 0.3) is 0 Å². The van der Waals surface area contributed by atoms with E-state index in [0.717, 1.165) is 17.0 Å². The normalized spacial score (nSPS) is 27.4. The van der Waals surface area contributed by atoms with E-state index in [4.69, 9.17) is 4.74 Å². The van der Waals surface area contributed by atoms with Crippen molar-refractivity contribution in [1.82, 2.24) is 5.43 Å². The molecule has 0 saturated carbocycles. The molecule has 4 heteroatoms. The lowest BCUT2D eigenvalue weighted by Gasteiger charge is -2.45. The van der Waals surface area contributed by atoms with Gasteiger partial charge >= 0.3 is 0 Å².